The number of carbonyl (C=O) groups is 5. The van der Waals surface area contributed by atoms with Gasteiger partial charge in [-0.3, -0.25) is 29.3 Å². The number of ether oxygens (including phenoxy) is 1. The monoisotopic (exact) mass is 661 g/mol. The fraction of sp³-hybridized carbons (Fsp3) is 0.683. The predicted octanol–water partition coefficient (Wildman–Crippen LogP) is 7.44. The summed E-state index contributed by atoms with van der Waals surface area (Å²) in [7, 11) is 0. The Bertz CT molecular complexity index is 1350. The van der Waals surface area contributed by atoms with E-state index in [0.29, 0.717) is 25.7 Å². The summed E-state index contributed by atoms with van der Waals surface area (Å²) in [4.78, 5) is 68.3. The fourth-order valence-corrected chi connectivity index (χ4v) is 8.88. The number of allylic oxidation sites excluding steroid dienone is 1. The molecule has 0 spiro atoms. The van der Waals surface area contributed by atoms with Crippen molar-refractivity contribution >= 4 is 28.9 Å². The molecule has 6 unspecified atom stereocenters. The molecule has 3 saturated carbocycles. The zero-order valence-corrected chi connectivity index (χ0v) is 30.4. The van der Waals surface area contributed by atoms with Crippen LogP contribution >= 0.6 is 0 Å². The molecular formula is C41H59NO6. The fourth-order valence-electron chi connectivity index (χ4n) is 8.88. The van der Waals surface area contributed by atoms with Gasteiger partial charge in [0, 0.05) is 42.6 Å². The van der Waals surface area contributed by atoms with Crippen molar-refractivity contribution in [1.29, 1.82) is 0 Å². The van der Waals surface area contributed by atoms with E-state index in [2.05, 4.69) is 25.7 Å². The van der Waals surface area contributed by atoms with Crippen LogP contribution in [-0.4, -0.2) is 46.8 Å². The lowest BCUT2D eigenvalue weighted by Gasteiger charge is -2.34. The van der Waals surface area contributed by atoms with Crippen molar-refractivity contribution in [2.24, 2.45) is 40.9 Å². The quantitative estimate of drug-likeness (QED) is 0.0933. The van der Waals surface area contributed by atoms with Crippen molar-refractivity contribution in [3.63, 3.8) is 0 Å². The van der Waals surface area contributed by atoms with Crippen LogP contribution in [0.15, 0.2) is 42.5 Å². The lowest BCUT2D eigenvalue weighted by Crippen LogP contribution is -2.52. The topological polar surface area (TPSA) is 107 Å². The van der Waals surface area contributed by atoms with Crippen LogP contribution in [0.5, 0.6) is 0 Å². The van der Waals surface area contributed by atoms with E-state index in [4.69, 9.17) is 4.74 Å². The number of carbonyl (C=O) groups excluding carboxylic acids is 5. The second-order valence-electron chi connectivity index (χ2n) is 16.4. The van der Waals surface area contributed by atoms with Gasteiger partial charge in [0.05, 0.1) is 11.6 Å². The van der Waals surface area contributed by atoms with E-state index >= 15 is 0 Å². The largest absolute Gasteiger partial charge is 0.358 e. The van der Waals surface area contributed by atoms with Crippen molar-refractivity contribution in [2.45, 2.75) is 137 Å². The standard InChI is InChI=1S/C41H59NO6/c1-9-15-29(38(46)37(45)25(2)22-30(43)21-20-27-16-11-10-12-17-27)23-33(44)34-31(24-32-35(34)41(32,7)8)39(47)36(28-18-13-14-19-28)42-26(3)48-40(4,5)6/h10-12,16-17,26,28-29,31-32,34-36,42H,2,9,13-15,18-24H2,1,3-8H3/t26?,29?,31?,32?,34?,35?,36-/m0/s1. The van der Waals surface area contributed by atoms with Gasteiger partial charge in [-0.05, 0) is 88.5 Å². The normalized spacial score (nSPS) is 25.1. The van der Waals surface area contributed by atoms with Crippen LogP contribution in [0, 0.1) is 40.9 Å². The molecule has 0 amide bonds. The van der Waals surface area contributed by atoms with E-state index in [0.717, 1.165) is 31.2 Å². The Labute approximate surface area is 288 Å². The molecule has 4 rings (SSSR count). The molecule has 7 nitrogen and oxygen atoms in total. The van der Waals surface area contributed by atoms with Crippen LogP contribution in [0.1, 0.15) is 118 Å². The second-order valence-corrected chi connectivity index (χ2v) is 16.4. The van der Waals surface area contributed by atoms with Gasteiger partial charge in [-0.25, -0.2) is 0 Å². The predicted molar refractivity (Wildman–Crippen MR) is 188 cm³/mol. The number of ketones is 5. The molecule has 7 heteroatoms. The minimum atomic E-state index is -0.785. The maximum atomic E-state index is 14.5. The molecule has 1 aromatic carbocycles. The number of rotatable bonds is 19. The van der Waals surface area contributed by atoms with Gasteiger partial charge in [-0.2, -0.15) is 0 Å². The van der Waals surface area contributed by atoms with E-state index in [1.54, 1.807) is 0 Å². The molecule has 0 aliphatic heterocycles. The molecule has 48 heavy (non-hydrogen) atoms. The van der Waals surface area contributed by atoms with Gasteiger partial charge >= 0.3 is 0 Å². The molecule has 1 N–H and O–H groups in total. The highest BCUT2D eigenvalue weighted by Gasteiger charge is 2.69. The van der Waals surface area contributed by atoms with Crippen molar-refractivity contribution < 1.29 is 28.7 Å². The smallest absolute Gasteiger partial charge is 0.224 e. The summed E-state index contributed by atoms with van der Waals surface area (Å²) >= 11 is 0. The average Bonchev–Trinajstić information content (AvgIpc) is 3.47. The van der Waals surface area contributed by atoms with Gasteiger partial charge in [0.15, 0.2) is 5.78 Å². The maximum Gasteiger partial charge on any atom is 0.224 e. The van der Waals surface area contributed by atoms with Crippen LogP contribution in [0.3, 0.4) is 0 Å². The Kier molecular flexibility index (Phi) is 12.6. The number of hydrogen-bond acceptors (Lipinski definition) is 7. The average molecular weight is 662 g/mol. The van der Waals surface area contributed by atoms with Crippen LogP contribution < -0.4 is 5.32 Å². The Morgan fingerprint density at radius 3 is 2.29 bits per heavy atom. The molecule has 3 aliphatic rings. The van der Waals surface area contributed by atoms with Crippen molar-refractivity contribution in [3.05, 3.63) is 48.0 Å². The van der Waals surface area contributed by atoms with Gasteiger partial charge in [0.2, 0.25) is 11.6 Å². The third-order valence-corrected chi connectivity index (χ3v) is 11.3. The second kappa shape index (κ2) is 15.8. The van der Waals surface area contributed by atoms with E-state index in [1.807, 2.05) is 65.0 Å². The third-order valence-electron chi connectivity index (χ3n) is 11.3. The lowest BCUT2D eigenvalue weighted by molar-refractivity contribution is -0.140. The van der Waals surface area contributed by atoms with E-state index in [-0.39, 0.29) is 83.2 Å². The first kappa shape index (κ1) is 38.0. The Hall–Kier alpha value is -2.77. The van der Waals surface area contributed by atoms with Gasteiger partial charge in [-0.15, -0.1) is 0 Å². The number of Topliss-reactive ketones (excluding diaryl/α,β-unsaturated/α-hetero) is 5. The summed E-state index contributed by atoms with van der Waals surface area (Å²) in [5.74, 6) is -2.59. The van der Waals surface area contributed by atoms with Crippen molar-refractivity contribution in [1.82, 2.24) is 5.32 Å². The van der Waals surface area contributed by atoms with Crippen LogP contribution in [0.25, 0.3) is 0 Å². The lowest BCUT2D eigenvalue weighted by atomic mass is 9.73. The van der Waals surface area contributed by atoms with Crippen LogP contribution in [0.2, 0.25) is 0 Å². The molecule has 3 aliphatic carbocycles. The van der Waals surface area contributed by atoms with Gasteiger partial charge < -0.3 is 4.74 Å². The summed E-state index contributed by atoms with van der Waals surface area (Å²) in [6.45, 7) is 18.0. The number of nitrogens with one attached hydrogen (secondary N) is 1. The highest BCUT2D eigenvalue weighted by molar-refractivity contribution is 6.44. The van der Waals surface area contributed by atoms with Crippen LogP contribution in [-0.2, 0) is 35.1 Å². The Balaban J connectivity index is 1.45. The Morgan fingerprint density at radius 1 is 1.04 bits per heavy atom. The van der Waals surface area contributed by atoms with Gasteiger partial charge in [0.1, 0.15) is 17.8 Å². The minimum absolute atomic E-state index is 0.0130. The summed E-state index contributed by atoms with van der Waals surface area (Å²) in [5.41, 5.74) is 0.612. The zero-order valence-electron chi connectivity index (χ0n) is 30.4. The number of fused-ring (bicyclic) bond motifs is 1. The molecule has 0 radical (unpaired) electrons. The highest BCUT2D eigenvalue weighted by Crippen LogP contribution is 2.71. The molecule has 7 atom stereocenters. The first-order valence-corrected chi connectivity index (χ1v) is 18.4. The highest BCUT2D eigenvalue weighted by atomic mass is 16.5. The van der Waals surface area contributed by atoms with E-state index in [9.17, 15) is 24.0 Å². The summed E-state index contributed by atoms with van der Waals surface area (Å²) in [6, 6.07) is 9.26. The molecule has 0 aromatic heterocycles. The zero-order chi connectivity index (χ0) is 35.4. The molecule has 0 saturated heterocycles. The molecular weight excluding hydrogens is 602 g/mol. The van der Waals surface area contributed by atoms with E-state index in [1.165, 1.54) is 0 Å². The summed E-state index contributed by atoms with van der Waals surface area (Å²) in [6.07, 6.45) is 6.09. The van der Waals surface area contributed by atoms with Crippen molar-refractivity contribution in [3.8, 4) is 0 Å². The molecule has 3 fully saturated rings. The number of benzene rings is 1. The molecule has 264 valence electrons. The van der Waals surface area contributed by atoms with Crippen LogP contribution in [0.4, 0.5) is 0 Å². The van der Waals surface area contributed by atoms with Gasteiger partial charge in [0.25, 0.3) is 0 Å². The minimum Gasteiger partial charge on any atom is -0.358 e. The van der Waals surface area contributed by atoms with Crippen molar-refractivity contribution in [2.75, 3.05) is 0 Å². The summed E-state index contributed by atoms with van der Waals surface area (Å²) in [5, 5.41) is 3.52. The molecule has 1 aromatic rings. The maximum absolute atomic E-state index is 14.5. The Morgan fingerprint density at radius 2 is 1.69 bits per heavy atom. The SMILES string of the molecule is C=C(CC(=O)CCc1ccccc1)C(=O)C(=O)C(CCC)CC(=O)C1C(C(=O)[C@@H](NC(C)OC(C)(C)C)C2CCCC2)CC2C1C2(C)C. The first-order chi connectivity index (χ1) is 22.5. The molecule has 0 heterocycles. The summed E-state index contributed by atoms with van der Waals surface area (Å²) < 4.78 is 6.16. The van der Waals surface area contributed by atoms with Gasteiger partial charge in [-0.1, -0.05) is 76.9 Å². The number of aryl methyl sites for hydroxylation is 1. The first-order valence-electron chi connectivity index (χ1n) is 18.4. The van der Waals surface area contributed by atoms with E-state index < -0.39 is 29.3 Å². The number of hydrogen-bond donors (Lipinski definition) is 1. The molecule has 0 bridgehead atoms. The third kappa shape index (κ3) is 9.26.